The highest BCUT2D eigenvalue weighted by molar-refractivity contribution is 4.59. The van der Waals surface area contributed by atoms with Gasteiger partial charge >= 0.3 is 0 Å². The van der Waals surface area contributed by atoms with Crippen LogP contribution in [-0.2, 0) is 9.47 Å². The number of hydrogen-bond donors (Lipinski definition) is 1. The van der Waals surface area contributed by atoms with Crippen LogP contribution in [0.2, 0.25) is 0 Å². The molecule has 1 heterocycles. The highest BCUT2D eigenvalue weighted by Gasteiger charge is 2.18. The monoisotopic (exact) mass is 132 g/mol. The molecular formula is C6H12O3. The van der Waals surface area contributed by atoms with Crippen molar-refractivity contribution in [3.63, 3.8) is 0 Å². The van der Waals surface area contributed by atoms with E-state index in [9.17, 15) is 0 Å². The molecule has 0 aliphatic carbocycles. The minimum Gasteiger partial charge on any atom is -0.373 e. The topological polar surface area (TPSA) is 38.7 Å². The Morgan fingerprint density at radius 3 is 2.78 bits per heavy atom. The lowest BCUT2D eigenvalue weighted by Crippen LogP contribution is -2.35. The molecule has 0 aromatic rings. The van der Waals surface area contributed by atoms with Gasteiger partial charge in [-0.2, -0.15) is 0 Å². The summed E-state index contributed by atoms with van der Waals surface area (Å²) in [6, 6.07) is 0. The molecule has 2 unspecified atom stereocenters. The molecule has 3 nitrogen and oxygen atoms in total. The Bertz CT molecular complexity index is 84.4. The van der Waals surface area contributed by atoms with Gasteiger partial charge in [0.2, 0.25) is 0 Å². The second-order valence-corrected chi connectivity index (χ2v) is 2.16. The number of aliphatic hydroxyl groups excluding tert-OH is 1. The maximum atomic E-state index is 8.86. The van der Waals surface area contributed by atoms with Crippen molar-refractivity contribution in [2.75, 3.05) is 13.2 Å². The molecule has 0 bridgehead atoms. The standard InChI is InChI=1S/C6H12O3/c1-2-5-3-8-4-6(7)9-5/h5-7H,2-4H2,1H3. The minimum absolute atomic E-state index is 0.0914. The van der Waals surface area contributed by atoms with Gasteiger partial charge in [0.1, 0.15) is 0 Å². The van der Waals surface area contributed by atoms with Gasteiger partial charge in [0.15, 0.2) is 6.29 Å². The summed E-state index contributed by atoms with van der Waals surface area (Å²) in [4.78, 5) is 0. The van der Waals surface area contributed by atoms with Gasteiger partial charge in [-0.1, -0.05) is 6.92 Å². The summed E-state index contributed by atoms with van der Waals surface area (Å²) in [5, 5.41) is 8.86. The van der Waals surface area contributed by atoms with Crippen LogP contribution < -0.4 is 0 Å². The van der Waals surface area contributed by atoms with E-state index in [-0.39, 0.29) is 6.10 Å². The van der Waals surface area contributed by atoms with E-state index in [1.54, 1.807) is 0 Å². The Labute approximate surface area is 54.6 Å². The van der Waals surface area contributed by atoms with Gasteiger partial charge in [-0.3, -0.25) is 0 Å². The molecule has 0 aromatic heterocycles. The van der Waals surface area contributed by atoms with E-state index >= 15 is 0 Å². The molecule has 0 aromatic carbocycles. The Morgan fingerprint density at radius 1 is 1.56 bits per heavy atom. The zero-order valence-corrected chi connectivity index (χ0v) is 5.54. The predicted molar refractivity (Wildman–Crippen MR) is 32.0 cm³/mol. The molecule has 0 radical (unpaired) electrons. The van der Waals surface area contributed by atoms with Crippen LogP contribution in [0.5, 0.6) is 0 Å². The van der Waals surface area contributed by atoms with Gasteiger partial charge in [0.05, 0.1) is 19.3 Å². The van der Waals surface area contributed by atoms with Crippen LogP contribution in [0.3, 0.4) is 0 Å². The number of rotatable bonds is 1. The van der Waals surface area contributed by atoms with E-state index in [0.717, 1.165) is 6.42 Å². The van der Waals surface area contributed by atoms with Crippen molar-refractivity contribution >= 4 is 0 Å². The molecule has 1 N–H and O–H groups in total. The SMILES string of the molecule is CCC1COCC(O)O1. The molecule has 0 spiro atoms. The predicted octanol–water partition coefficient (Wildman–Crippen LogP) is 0.130. The van der Waals surface area contributed by atoms with Crippen molar-refractivity contribution in [1.82, 2.24) is 0 Å². The van der Waals surface area contributed by atoms with E-state index in [4.69, 9.17) is 14.6 Å². The van der Waals surface area contributed by atoms with Crippen LogP contribution in [0.25, 0.3) is 0 Å². The first-order valence-electron chi connectivity index (χ1n) is 3.24. The largest absolute Gasteiger partial charge is 0.373 e. The molecular weight excluding hydrogens is 120 g/mol. The third-order valence-electron chi connectivity index (χ3n) is 1.37. The van der Waals surface area contributed by atoms with Crippen molar-refractivity contribution in [3.8, 4) is 0 Å². The number of hydrogen-bond acceptors (Lipinski definition) is 3. The third-order valence-corrected chi connectivity index (χ3v) is 1.37. The third kappa shape index (κ3) is 1.93. The average Bonchev–Trinajstić information content (AvgIpc) is 1.88. The fourth-order valence-electron chi connectivity index (χ4n) is 0.815. The lowest BCUT2D eigenvalue weighted by molar-refractivity contribution is -0.220. The molecule has 1 rings (SSSR count). The van der Waals surface area contributed by atoms with Crippen LogP contribution in [-0.4, -0.2) is 30.7 Å². The second kappa shape index (κ2) is 3.15. The van der Waals surface area contributed by atoms with E-state index < -0.39 is 6.29 Å². The first-order valence-corrected chi connectivity index (χ1v) is 3.24. The average molecular weight is 132 g/mol. The Hall–Kier alpha value is -0.120. The highest BCUT2D eigenvalue weighted by atomic mass is 16.7. The summed E-state index contributed by atoms with van der Waals surface area (Å²) in [5.41, 5.74) is 0. The Balaban J connectivity index is 2.23. The lowest BCUT2D eigenvalue weighted by atomic mass is 10.3. The molecule has 1 aliphatic heterocycles. The molecule has 3 heteroatoms. The highest BCUT2D eigenvalue weighted by Crippen LogP contribution is 2.07. The van der Waals surface area contributed by atoms with Gasteiger partial charge in [-0.15, -0.1) is 0 Å². The van der Waals surface area contributed by atoms with E-state index in [2.05, 4.69) is 0 Å². The zero-order chi connectivity index (χ0) is 6.69. The quantitative estimate of drug-likeness (QED) is 0.551. The van der Waals surface area contributed by atoms with Gasteiger partial charge in [-0.25, -0.2) is 0 Å². The lowest BCUT2D eigenvalue weighted by Gasteiger charge is -2.25. The summed E-state index contributed by atoms with van der Waals surface area (Å²) in [6.45, 7) is 2.94. The van der Waals surface area contributed by atoms with Crippen molar-refractivity contribution in [2.24, 2.45) is 0 Å². The number of ether oxygens (including phenoxy) is 2. The summed E-state index contributed by atoms with van der Waals surface area (Å²) in [5.74, 6) is 0. The van der Waals surface area contributed by atoms with Crippen LogP contribution >= 0.6 is 0 Å². The van der Waals surface area contributed by atoms with E-state index in [1.165, 1.54) is 0 Å². The first-order chi connectivity index (χ1) is 4.33. The molecule has 9 heavy (non-hydrogen) atoms. The van der Waals surface area contributed by atoms with Crippen LogP contribution in [0, 0.1) is 0 Å². The van der Waals surface area contributed by atoms with Gasteiger partial charge in [0.25, 0.3) is 0 Å². The maximum absolute atomic E-state index is 8.86. The second-order valence-electron chi connectivity index (χ2n) is 2.16. The van der Waals surface area contributed by atoms with Gasteiger partial charge in [0, 0.05) is 0 Å². The molecule has 1 fully saturated rings. The molecule has 0 amide bonds. The Kier molecular flexibility index (Phi) is 2.45. The molecule has 1 aliphatic rings. The smallest absolute Gasteiger partial charge is 0.178 e. The minimum atomic E-state index is -0.705. The van der Waals surface area contributed by atoms with Crippen LogP contribution in [0.15, 0.2) is 0 Å². The summed E-state index contributed by atoms with van der Waals surface area (Å²) in [7, 11) is 0. The zero-order valence-electron chi connectivity index (χ0n) is 5.54. The van der Waals surface area contributed by atoms with E-state index in [0.29, 0.717) is 13.2 Å². The molecule has 54 valence electrons. The fraction of sp³-hybridized carbons (Fsp3) is 1.00. The van der Waals surface area contributed by atoms with Crippen LogP contribution in [0.1, 0.15) is 13.3 Å². The number of aliphatic hydroxyl groups is 1. The van der Waals surface area contributed by atoms with Crippen LogP contribution in [0.4, 0.5) is 0 Å². The Morgan fingerprint density at radius 2 is 2.33 bits per heavy atom. The maximum Gasteiger partial charge on any atom is 0.178 e. The van der Waals surface area contributed by atoms with Gasteiger partial charge < -0.3 is 14.6 Å². The first kappa shape index (κ1) is 6.99. The van der Waals surface area contributed by atoms with Crippen molar-refractivity contribution in [3.05, 3.63) is 0 Å². The van der Waals surface area contributed by atoms with Crippen molar-refractivity contribution < 1.29 is 14.6 Å². The van der Waals surface area contributed by atoms with Crippen molar-refractivity contribution in [2.45, 2.75) is 25.7 Å². The normalized spacial score (nSPS) is 36.7. The molecule has 2 atom stereocenters. The molecule has 1 saturated heterocycles. The fourth-order valence-corrected chi connectivity index (χ4v) is 0.815. The molecule has 0 saturated carbocycles. The summed E-state index contributed by atoms with van der Waals surface area (Å²) >= 11 is 0. The summed E-state index contributed by atoms with van der Waals surface area (Å²) in [6.07, 6.45) is 0.286. The van der Waals surface area contributed by atoms with E-state index in [1.807, 2.05) is 6.92 Å². The van der Waals surface area contributed by atoms with Crippen molar-refractivity contribution in [1.29, 1.82) is 0 Å². The van der Waals surface area contributed by atoms with Gasteiger partial charge in [-0.05, 0) is 6.42 Å². The summed E-state index contributed by atoms with van der Waals surface area (Å²) < 4.78 is 10.1.